The molecule has 0 aromatic heterocycles. The van der Waals surface area contributed by atoms with E-state index in [1.807, 2.05) is 26.0 Å². The topological polar surface area (TPSA) is 55.8 Å². The standard InChI is InChI=1S/C23H23Cl2NO4S/c1-3-5-10-26-22(27)21(31-23(26)28)12-15-6-9-19(20(11-15)29-4-2)30-14-16-7-8-17(24)13-18(16)25/h6-9,11-13H,3-5,10,14H2,1-2H3/b21-12-. The molecule has 0 spiro atoms. The van der Waals surface area contributed by atoms with Crippen molar-refractivity contribution in [3.05, 3.63) is 62.5 Å². The Morgan fingerprint density at radius 3 is 2.55 bits per heavy atom. The fourth-order valence-corrected chi connectivity index (χ4v) is 4.28. The maximum absolute atomic E-state index is 12.6. The predicted molar refractivity (Wildman–Crippen MR) is 126 cm³/mol. The Hall–Kier alpha value is -2.15. The van der Waals surface area contributed by atoms with E-state index in [2.05, 4.69) is 0 Å². The van der Waals surface area contributed by atoms with Crippen molar-refractivity contribution >= 4 is 52.2 Å². The number of carbonyl (C=O) groups excluding carboxylic acids is 2. The minimum atomic E-state index is -0.251. The van der Waals surface area contributed by atoms with Gasteiger partial charge in [-0.05, 0) is 61.0 Å². The zero-order valence-electron chi connectivity index (χ0n) is 17.3. The number of hydrogen-bond donors (Lipinski definition) is 0. The first-order valence-corrected chi connectivity index (χ1v) is 11.6. The average molecular weight is 480 g/mol. The molecule has 0 atom stereocenters. The molecule has 8 heteroatoms. The van der Waals surface area contributed by atoms with Gasteiger partial charge in [-0.25, -0.2) is 0 Å². The molecule has 2 aromatic rings. The van der Waals surface area contributed by atoms with E-state index in [1.165, 1.54) is 4.90 Å². The van der Waals surface area contributed by atoms with E-state index in [0.29, 0.717) is 39.6 Å². The summed E-state index contributed by atoms with van der Waals surface area (Å²) in [5, 5.41) is 0.864. The molecule has 0 bridgehead atoms. The van der Waals surface area contributed by atoms with Crippen molar-refractivity contribution in [2.75, 3.05) is 13.2 Å². The number of amides is 2. The Kier molecular flexibility index (Phi) is 8.29. The van der Waals surface area contributed by atoms with Crippen LogP contribution in [0.3, 0.4) is 0 Å². The van der Waals surface area contributed by atoms with Crippen LogP contribution in [0.4, 0.5) is 4.79 Å². The second-order valence-electron chi connectivity index (χ2n) is 6.85. The number of ether oxygens (including phenoxy) is 2. The first kappa shape index (κ1) is 23.5. The van der Waals surface area contributed by atoms with Gasteiger partial charge in [-0.2, -0.15) is 0 Å². The van der Waals surface area contributed by atoms with Crippen LogP contribution < -0.4 is 9.47 Å². The molecule has 164 valence electrons. The SMILES string of the molecule is CCCCN1C(=O)S/C(=C\c2ccc(OCc3ccc(Cl)cc3Cl)c(OCC)c2)C1=O. The third-order valence-electron chi connectivity index (χ3n) is 4.57. The molecule has 1 heterocycles. The Balaban J connectivity index is 1.77. The van der Waals surface area contributed by atoms with Gasteiger partial charge >= 0.3 is 0 Å². The molecule has 2 amide bonds. The molecule has 0 N–H and O–H groups in total. The highest BCUT2D eigenvalue weighted by molar-refractivity contribution is 8.18. The van der Waals surface area contributed by atoms with Crippen LogP contribution in [-0.4, -0.2) is 29.2 Å². The van der Waals surface area contributed by atoms with E-state index in [4.69, 9.17) is 32.7 Å². The van der Waals surface area contributed by atoms with Gasteiger partial charge in [0.1, 0.15) is 6.61 Å². The van der Waals surface area contributed by atoms with E-state index in [0.717, 1.165) is 35.7 Å². The Morgan fingerprint density at radius 1 is 1.03 bits per heavy atom. The lowest BCUT2D eigenvalue weighted by atomic mass is 10.1. The fourth-order valence-electron chi connectivity index (χ4n) is 2.96. The molecule has 2 aromatic carbocycles. The molecule has 1 aliphatic heterocycles. The average Bonchev–Trinajstić information content (AvgIpc) is 2.99. The number of thioether (sulfide) groups is 1. The van der Waals surface area contributed by atoms with E-state index in [9.17, 15) is 9.59 Å². The van der Waals surface area contributed by atoms with Crippen LogP contribution >= 0.6 is 35.0 Å². The maximum Gasteiger partial charge on any atom is 0.293 e. The van der Waals surface area contributed by atoms with E-state index < -0.39 is 0 Å². The van der Waals surface area contributed by atoms with Gasteiger partial charge in [0.2, 0.25) is 0 Å². The number of hydrogen-bond acceptors (Lipinski definition) is 5. The maximum atomic E-state index is 12.6. The summed E-state index contributed by atoms with van der Waals surface area (Å²) in [7, 11) is 0. The highest BCUT2D eigenvalue weighted by Gasteiger charge is 2.34. The van der Waals surface area contributed by atoms with Crippen molar-refractivity contribution in [2.24, 2.45) is 0 Å². The third-order valence-corrected chi connectivity index (χ3v) is 6.07. The van der Waals surface area contributed by atoms with Crippen LogP contribution in [0.5, 0.6) is 11.5 Å². The van der Waals surface area contributed by atoms with Crippen LogP contribution in [0.25, 0.3) is 6.08 Å². The number of rotatable bonds is 9. The Bertz CT molecular complexity index is 1010. The second kappa shape index (κ2) is 10.9. The zero-order chi connectivity index (χ0) is 22.4. The highest BCUT2D eigenvalue weighted by Crippen LogP contribution is 2.35. The zero-order valence-corrected chi connectivity index (χ0v) is 19.6. The summed E-state index contributed by atoms with van der Waals surface area (Å²) in [6, 6.07) is 10.6. The van der Waals surface area contributed by atoms with Crippen molar-refractivity contribution < 1.29 is 19.1 Å². The summed E-state index contributed by atoms with van der Waals surface area (Å²) in [6.07, 6.45) is 3.42. The molecule has 5 nitrogen and oxygen atoms in total. The first-order chi connectivity index (χ1) is 14.9. The van der Waals surface area contributed by atoms with Crippen LogP contribution in [0.2, 0.25) is 10.0 Å². The normalized spacial score (nSPS) is 15.1. The van der Waals surface area contributed by atoms with E-state index >= 15 is 0 Å². The van der Waals surface area contributed by atoms with Crippen molar-refractivity contribution in [1.29, 1.82) is 0 Å². The lowest BCUT2D eigenvalue weighted by Crippen LogP contribution is -2.29. The van der Waals surface area contributed by atoms with Crippen molar-refractivity contribution in [3.8, 4) is 11.5 Å². The summed E-state index contributed by atoms with van der Waals surface area (Å²) in [5.41, 5.74) is 1.56. The minimum Gasteiger partial charge on any atom is -0.490 e. The van der Waals surface area contributed by atoms with Gasteiger partial charge in [0.05, 0.1) is 11.5 Å². The van der Waals surface area contributed by atoms with Gasteiger partial charge < -0.3 is 9.47 Å². The molecule has 0 radical (unpaired) electrons. The second-order valence-corrected chi connectivity index (χ2v) is 8.69. The van der Waals surface area contributed by atoms with Gasteiger partial charge in [-0.15, -0.1) is 0 Å². The molecule has 0 aliphatic carbocycles. The third kappa shape index (κ3) is 5.97. The molecule has 1 fully saturated rings. The highest BCUT2D eigenvalue weighted by atomic mass is 35.5. The van der Waals surface area contributed by atoms with Crippen LogP contribution in [-0.2, 0) is 11.4 Å². The molecular weight excluding hydrogens is 457 g/mol. The van der Waals surface area contributed by atoms with Gasteiger partial charge in [-0.3, -0.25) is 14.5 Å². The van der Waals surface area contributed by atoms with Crippen LogP contribution in [0, 0.1) is 0 Å². The number of carbonyl (C=O) groups is 2. The number of unbranched alkanes of at least 4 members (excludes halogenated alkanes) is 1. The summed E-state index contributed by atoms with van der Waals surface area (Å²) in [4.78, 5) is 26.4. The van der Waals surface area contributed by atoms with Gasteiger partial charge in [0, 0.05) is 22.2 Å². The van der Waals surface area contributed by atoms with Gasteiger partial charge in [0.25, 0.3) is 11.1 Å². The summed E-state index contributed by atoms with van der Waals surface area (Å²) in [5.74, 6) is 0.853. The summed E-state index contributed by atoms with van der Waals surface area (Å²) >= 11 is 13.1. The lowest BCUT2D eigenvalue weighted by molar-refractivity contribution is -0.122. The molecule has 0 saturated carbocycles. The van der Waals surface area contributed by atoms with Crippen LogP contribution in [0.1, 0.15) is 37.8 Å². The van der Waals surface area contributed by atoms with Gasteiger partial charge in [-0.1, -0.05) is 48.7 Å². The molecule has 0 unspecified atom stereocenters. The molecule has 1 aliphatic rings. The number of benzene rings is 2. The van der Waals surface area contributed by atoms with E-state index in [1.54, 1.807) is 30.3 Å². The molecule has 3 rings (SSSR count). The number of nitrogens with zero attached hydrogens (tertiary/aromatic N) is 1. The molecule has 1 saturated heterocycles. The van der Waals surface area contributed by atoms with Crippen molar-refractivity contribution in [3.63, 3.8) is 0 Å². The van der Waals surface area contributed by atoms with Crippen molar-refractivity contribution in [2.45, 2.75) is 33.3 Å². The van der Waals surface area contributed by atoms with Gasteiger partial charge in [0.15, 0.2) is 11.5 Å². The Labute approximate surface area is 196 Å². The predicted octanol–water partition coefficient (Wildman–Crippen LogP) is 6.81. The minimum absolute atomic E-state index is 0.227. The fraction of sp³-hybridized carbons (Fsp3) is 0.304. The van der Waals surface area contributed by atoms with Crippen molar-refractivity contribution in [1.82, 2.24) is 4.90 Å². The Morgan fingerprint density at radius 2 is 1.84 bits per heavy atom. The number of imide groups is 1. The summed E-state index contributed by atoms with van der Waals surface area (Å²) < 4.78 is 11.6. The molecular formula is C23H23Cl2NO4S. The quantitative estimate of drug-likeness (QED) is 0.369. The largest absolute Gasteiger partial charge is 0.490 e. The number of halogens is 2. The van der Waals surface area contributed by atoms with E-state index in [-0.39, 0.29) is 17.8 Å². The first-order valence-electron chi connectivity index (χ1n) is 10.0. The molecule has 31 heavy (non-hydrogen) atoms. The summed E-state index contributed by atoms with van der Waals surface area (Å²) in [6.45, 7) is 5.06. The van der Waals surface area contributed by atoms with Crippen LogP contribution in [0.15, 0.2) is 41.3 Å². The monoisotopic (exact) mass is 479 g/mol. The smallest absolute Gasteiger partial charge is 0.293 e. The lowest BCUT2D eigenvalue weighted by Gasteiger charge is -2.13.